The van der Waals surface area contributed by atoms with Crippen LogP contribution in [-0.4, -0.2) is 39.8 Å². The predicted octanol–water partition coefficient (Wildman–Crippen LogP) is 3.55. The minimum atomic E-state index is -1.12. The van der Waals surface area contributed by atoms with Crippen molar-refractivity contribution in [1.82, 2.24) is 4.90 Å². The van der Waals surface area contributed by atoms with Gasteiger partial charge in [0.05, 0.1) is 17.6 Å². The fourth-order valence-electron chi connectivity index (χ4n) is 3.39. The Morgan fingerprint density at radius 1 is 1.37 bits per heavy atom. The van der Waals surface area contributed by atoms with E-state index in [-0.39, 0.29) is 0 Å². The van der Waals surface area contributed by atoms with E-state index in [0.717, 1.165) is 5.56 Å². The van der Waals surface area contributed by atoms with Gasteiger partial charge in [-0.25, -0.2) is 9.69 Å². The van der Waals surface area contributed by atoms with Crippen molar-refractivity contribution in [1.29, 1.82) is 0 Å². The van der Waals surface area contributed by atoms with Crippen molar-refractivity contribution in [2.45, 2.75) is 71.1 Å². The molecule has 1 fully saturated rings. The maximum atomic E-state index is 13.3. The second kappa shape index (κ2) is 8.14. The summed E-state index contributed by atoms with van der Waals surface area (Å²) in [7, 11) is 0. The molecule has 0 spiro atoms. The van der Waals surface area contributed by atoms with Gasteiger partial charge in [-0.2, -0.15) is 0 Å². The summed E-state index contributed by atoms with van der Waals surface area (Å²) in [5.74, 6) is 2.11. The number of terminal acetylenes is 1. The Kier molecular flexibility index (Phi) is 6.33. The second-order valence-corrected chi connectivity index (χ2v) is 8.19. The molecular formula is C22H29NO4. The van der Waals surface area contributed by atoms with Gasteiger partial charge in [0.1, 0.15) is 5.60 Å². The number of carbonyl (C=O) groups is 2. The number of imide groups is 1. The quantitative estimate of drug-likeness (QED) is 0.588. The molecule has 0 aliphatic carbocycles. The van der Waals surface area contributed by atoms with E-state index in [1.54, 1.807) is 13.8 Å². The van der Waals surface area contributed by atoms with Crippen LogP contribution in [-0.2, 0) is 16.0 Å². The van der Waals surface area contributed by atoms with Crippen LogP contribution in [0.4, 0.5) is 4.79 Å². The first-order valence-electron chi connectivity index (χ1n) is 9.33. The number of nitrogens with zero attached hydrogens (tertiary/aromatic N) is 1. The molecule has 0 bridgehead atoms. The van der Waals surface area contributed by atoms with Crippen LogP contribution < -0.4 is 0 Å². The molecule has 0 aromatic heterocycles. The van der Waals surface area contributed by atoms with Crippen LogP contribution in [0.3, 0.4) is 0 Å². The van der Waals surface area contributed by atoms with Crippen LogP contribution in [0.15, 0.2) is 30.3 Å². The van der Waals surface area contributed by atoms with E-state index in [0.29, 0.717) is 25.7 Å². The molecule has 1 aromatic rings. The highest BCUT2D eigenvalue weighted by atomic mass is 16.6. The molecule has 27 heavy (non-hydrogen) atoms. The van der Waals surface area contributed by atoms with Crippen LogP contribution in [0.5, 0.6) is 0 Å². The maximum absolute atomic E-state index is 13.3. The van der Waals surface area contributed by atoms with Crippen LogP contribution in [0.25, 0.3) is 0 Å². The van der Waals surface area contributed by atoms with Crippen LogP contribution in [0.2, 0.25) is 0 Å². The molecule has 5 nitrogen and oxygen atoms in total. The van der Waals surface area contributed by atoms with Gasteiger partial charge in [0.2, 0.25) is 5.91 Å². The minimum Gasteiger partial charge on any atom is -0.441 e. The van der Waals surface area contributed by atoms with Crippen molar-refractivity contribution in [2.75, 3.05) is 0 Å². The first-order valence-corrected chi connectivity index (χ1v) is 9.33. The zero-order chi connectivity index (χ0) is 20.2. The van der Waals surface area contributed by atoms with Gasteiger partial charge in [0.25, 0.3) is 0 Å². The zero-order valence-electron chi connectivity index (χ0n) is 16.6. The molecule has 2 rings (SSSR count). The number of benzene rings is 1. The normalized spacial score (nSPS) is 20.1. The van der Waals surface area contributed by atoms with E-state index in [1.165, 1.54) is 4.90 Å². The largest absolute Gasteiger partial charge is 0.441 e. The number of unbranched alkanes of at least 4 members (excludes halogenated alkanes) is 1. The number of rotatable bonds is 7. The lowest BCUT2D eigenvalue weighted by molar-refractivity contribution is -0.145. The van der Waals surface area contributed by atoms with E-state index >= 15 is 0 Å². The number of aliphatic hydroxyl groups excluding tert-OH is 1. The van der Waals surface area contributed by atoms with Crippen molar-refractivity contribution in [3.05, 3.63) is 35.9 Å². The van der Waals surface area contributed by atoms with Gasteiger partial charge in [-0.3, -0.25) is 4.79 Å². The van der Waals surface area contributed by atoms with Crippen molar-refractivity contribution < 1.29 is 19.4 Å². The smallest absolute Gasteiger partial charge is 0.417 e. The molecule has 5 heteroatoms. The molecule has 1 aromatic carbocycles. The van der Waals surface area contributed by atoms with E-state index in [4.69, 9.17) is 11.2 Å². The van der Waals surface area contributed by atoms with Crippen molar-refractivity contribution >= 4 is 12.0 Å². The third kappa shape index (κ3) is 4.51. The fourth-order valence-corrected chi connectivity index (χ4v) is 3.39. The Labute approximate surface area is 161 Å². The van der Waals surface area contributed by atoms with Gasteiger partial charge in [-0.15, -0.1) is 12.3 Å². The lowest BCUT2D eigenvalue weighted by Crippen LogP contribution is -2.53. The lowest BCUT2D eigenvalue weighted by Gasteiger charge is -2.35. The predicted molar refractivity (Wildman–Crippen MR) is 104 cm³/mol. The topological polar surface area (TPSA) is 66.8 Å². The average Bonchev–Trinajstić information content (AvgIpc) is 2.83. The number of ether oxygens (including phenoxy) is 1. The SMILES string of the molecule is C#CCCCC(O)C(C)(C)C(=O)N1C(=O)OC(C)(C)C1Cc1ccccc1. The molecule has 1 saturated heterocycles. The van der Waals surface area contributed by atoms with Gasteiger partial charge < -0.3 is 9.84 Å². The third-order valence-electron chi connectivity index (χ3n) is 5.33. The molecular weight excluding hydrogens is 342 g/mol. The number of hydrogen-bond donors (Lipinski definition) is 1. The highest BCUT2D eigenvalue weighted by molar-refractivity contribution is 5.97. The van der Waals surface area contributed by atoms with Gasteiger partial charge in [0, 0.05) is 6.42 Å². The molecule has 1 N–H and O–H groups in total. The zero-order valence-corrected chi connectivity index (χ0v) is 16.6. The highest BCUT2D eigenvalue weighted by Gasteiger charge is 2.54. The Balaban J connectivity index is 2.25. The standard InChI is InChI=1S/C22H29NO4/c1-6-7-9-14-18(24)21(2,3)19(25)23-17(22(4,5)27-20(23)26)15-16-12-10-8-11-13-16/h1,8,10-13,17-18,24H,7,9,14-15H2,2-5H3. The molecule has 2 atom stereocenters. The van der Waals surface area contributed by atoms with Gasteiger partial charge in [-0.05, 0) is 52.5 Å². The summed E-state index contributed by atoms with van der Waals surface area (Å²) in [6.07, 6.45) is 5.76. The number of carbonyl (C=O) groups excluding carboxylic acids is 2. The maximum Gasteiger partial charge on any atom is 0.417 e. The monoisotopic (exact) mass is 371 g/mol. The van der Waals surface area contributed by atoms with Crippen LogP contribution in [0, 0.1) is 17.8 Å². The van der Waals surface area contributed by atoms with Crippen molar-refractivity contribution in [3.8, 4) is 12.3 Å². The Morgan fingerprint density at radius 2 is 2.00 bits per heavy atom. The van der Waals surface area contributed by atoms with E-state index in [1.807, 2.05) is 44.2 Å². The lowest BCUT2D eigenvalue weighted by atomic mass is 9.81. The summed E-state index contributed by atoms with van der Waals surface area (Å²) < 4.78 is 5.50. The van der Waals surface area contributed by atoms with Crippen LogP contribution >= 0.6 is 0 Å². The summed E-state index contributed by atoms with van der Waals surface area (Å²) in [4.78, 5) is 27.0. The number of cyclic esters (lactones) is 1. The van der Waals surface area contributed by atoms with Crippen molar-refractivity contribution in [2.24, 2.45) is 5.41 Å². The van der Waals surface area contributed by atoms with E-state index < -0.39 is 35.2 Å². The molecule has 0 radical (unpaired) electrons. The third-order valence-corrected chi connectivity index (χ3v) is 5.33. The first-order chi connectivity index (χ1) is 12.6. The highest BCUT2D eigenvalue weighted by Crippen LogP contribution is 2.37. The first kappa shape index (κ1) is 21.0. The van der Waals surface area contributed by atoms with Crippen molar-refractivity contribution in [3.63, 3.8) is 0 Å². The number of aliphatic hydroxyl groups is 1. The molecule has 2 amide bonds. The fraction of sp³-hybridized carbons (Fsp3) is 0.545. The van der Waals surface area contributed by atoms with Gasteiger partial charge in [-0.1, -0.05) is 30.3 Å². The minimum absolute atomic E-state index is 0.401. The average molecular weight is 371 g/mol. The molecule has 146 valence electrons. The molecule has 1 aliphatic heterocycles. The molecule has 1 aliphatic rings. The summed E-state index contributed by atoms with van der Waals surface area (Å²) >= 11 is 0. The molecule has 2 unspecified atom stereocenters. The number of hydrogen-bond acceptors (Lipinski definition) is 4. The summed E-state index contributed by atoms with van der Waals surface area (Å²) in [5, 5.41) is 10.6. The Morgan fingerprint density at radius 3 is 2.59 bits per heavy atom. The van der Waals surface area contributed by atoms with E-state index in [9.17, 15) is 14.7 Å². The van der Waals surface area contributed by atoms with Gasteiger partial charge in [0.15, 0.2) is 0 Å². The molecule has 0 saturated carbocycles. The second-order valence-electron chi connectivity index (χ2n) is 8.19. The van der Waals surface area contributed by atoms with Gasteiger partial charge >= 0.3 is 6.09 Å². The summed E-state index contributed by atoms with van der Waals surface area (Å²) in [6, 6.07) is 9.24. The summed E-state index contributed by atoms with van der Waals surface area (Å²) in [6.45, 7) is 6.94. The Hall–Kier alpha value is -2.32. The van der Waals surface area contributed by atoms with Crippen LogP contribution in [0.1, 0.15) is 52.5 Å². The Bertz CT molecular complexity index is 718. The number of amides is 2. The van der Waals surface area contributed by atoms with E-state index in [2.05, 4.69) is 5.92 Å². The summed E-state index contributed by atoms with van der Waals surface area (Å²) in [5.41, 5.74) is -0.921. The molecule has 1 heterocycles.